The number of nitrogens with one attached hydrogen (secondary N) is 3. The molecule has 3 amide bonds. The first-order valence-corrected chi connectivity index (χ1v) is 16.0. The van der Waals surface area contributed by atoms with E-state index in [1.807, 2.05) is 0 Å². The lowest BCUT2D eigenvalue weighted by molar-refractivity contribution is -0.384. The van der Waals surface area contributed by atoms with Crippen LogP contribution >= 0.6 is 0 Å². The van der Waals surface area contributed by atoms with Crippen LogP contribution in [0.25, 0.3) is 0 Å². The van der Waals surface area contributed by atoms with Crippen molar-refractivity contribution in [2.75, 3.05) is 18.4 Å². The molecule has 0 saturated heterocycles. The van der Waals surface area contributed by atoms with Crippen molar-refractivity contribution in [3.63, 3.8) is 0 Å². The van der Waals surface area contributed by atoms with Gasteiger partial charge in [-0.2, -0.15) is 0 Å². The number of unbranched alkanes of at least 4 members (excludes halogenated alkanes) is 1. The second-order valence-electron chi connectivity index (χ2n) is 12.6. The Labute approximate surface area is 279 Å². The van der Waals surface area contributed by atoms with E-state index in [9.17, 15) is 34.1 Å². The summed E-state index contributed by atoms with van der Waals surface area (Å²) in [7, 11) is 0. The van der Waals surface area contributed by atoms with Crippen molar-refractivity contribution in [1.82, 2.24) is 10.6 Å². The van der Waals surface area contributed by atoms with E-state index in [-0.39, 0.29) is 42.1 Å². The number of ketones is 1. The summed E-state index contributed by atoms with van der Waals surface area (Å²) in [5, 5.41) is 19.1. The van der Waals surface area contributed by atoms with Crippen LogP contribution in [-0.2, 0) is 30.5 Å². The lowest BCUT2D eigenvalue weighted by atomic mass is 9.63. The Morgan fingerprint density at radius 3 is 2.19 bits per heavy atom. The molecule has 0 aromatic heterocycles. The Morgan fingerprint density at radius 2 is 1.62 bits per heavy atom. The standard InChI is InChI=1S/C34H44N4O10/c1-5-35-30(41)34(18-8-19-34)28(39)21-24(9-6-7-20-36-31(42)48-33(2,3)4)29(40)37-25-12-10-23(11-13-25)22-46-32(43)47-27-16-14-26(15-17-27)38(44)45/h10-17,24H,5-9,18-22H2,1-4H3,(H,35,41)(H,36,42)(H,37,40)/t24-/m1/s1. The molecule has 1 fully saturated rings. The summed E-state index contributed by atoms with van der Waals surface area (Å²) >= 11 is 0. The van der Waals surface area contributed by atoms with Crippen molar-refractivity contribution in [3.8, 4) is 5.75 Å². The number of hydrogen-bond acceptors (Lipinski definition) is 10. The SMILES string of the molecule is CCNC(=O)C1(C(=O)C[C@@H](CCCCNC(=O)OC(C)(C)C)C(=O)Nc2ccc(COC(=O)Oc3ccc([N+](=O)[O-])cc3)cc2)CCC1. The number of nitro groups is 1. The van der Waals surface area contributed by atoms with Gasteiger partial charge in [0.2, 0.25) is 11.8 Å². The molecule has 2 aromatic rings. The van der Waals surface area contributed by atoms with Gasteiger partial charge in [0.15, 0.2) is 0 Å². The van der Waals surface area contributed by atoms with Crippen LogP contribution in [0.1, 0.15) is 78.2 Å². The molecule has 14 heteroatoms. The lowest BCUT2D eigenvalue weighted by Gasteiger charge is -2.39. The summed E-state index contributed by atoms with van der Waals surface area (Å²) in [6, 6.07) is 11.5. The maximum atomic E-state index is 13.5. The molecule has 0 heterocycles. The molecule has 3 rings (SSSR count). The van der Waals surface area contributed by atoms with E-state index in [0.717, 1.165) is 6.42 Å². The monoisotopic (exact) mass is 668 g/mol. The highest BCUT2D eigenvalue weighted by Gasteiger charge is 2.50. The fraction of sp³-hybridized carbons (Fsp3) is 0.500. The number of hydrogen-bond donors (Lipinski definition) is 3. The third-order valence-corrected chi connectivity index (χ3v) is 7.79. The summed E-state index contributed by atoms with van der Waals surface area (Å²) in [4.78, 5) is 73.9. The van der Waals surface area contributed by atoms with Crippen molar-refractivity contribution in [2.24, 2.45) is 11.3 Å². The largest absolute Gasteiger partial charge is 0.514 e. The van der Waals surface area contributed by atoms with Crippen LogP contribution in [0.15, 0.2) is 48.5 Å². The summed E-state index contributed by atoms with van der Waals surface area (Å²) < 4.78 is 15.4. The Morgan fingerprint density at radius 1 is 0.958 bits per heavy atom. The average molecular weight is 669 g/mol. The Bertz CT molecular complexity index is 1450. The van der Waals surface area contributed by atoms with Gasteiger partial charge in [0.1, 0.15) is 29.2 Å². The molecule has 1 saturated carbocycles. The third kappa shape index (κ3) is 11.4. The molecule has 260 valence electrons. The van der Waals surface area contributed by atoms with Crippen molar-refractivity contribution in [2.45, 2.75) is 84.8 Å². The van der Waals surface area contributed by atoms with E-state index in [1.165, 1.54) is 24.3 Å². The number of rotatable bonds is 16. The van der Waals surface area contributed by atoms with Gasteiger partial charge in [-0.05, 0) is 83.2 Å². The predicted octanol–water partition coefficient (Wildman–Crippen LogP) is 5.83. The molecule has 0 aliphatic heterocycles. The Hall–Kier alpha value is -5.01. The molecule has 48 heavy (non-hydrogen) atoms. The molecule has 1 atom stereocenters. The van der Waals surface area contributed by atoms with Gasteiger partial charge in [0.05, 0.1) is 4.92 Å². The molecule has 0 bridgehead atoms. The Kier molecular flexibility index (Phi) is 13.4. The van der Waals surface area contributed by atoms with Crippen LogP contribution in [0.2, 0.25) is 0 Å². The van der Waals surface area contributed by atoms with E-state index in [4.69, 9.17) is 14.2 Å². The van der Waals surface area contributed by atoms with Gasteiger partial charge in [-0.15, -0.1) is 0 Å². The van der Waals surface area contributed by atoms with Gasteiger partial charge in [-0.3, -0.25) is 24.5 Å². The smallest absolute Gasteiger partial charge is 0.444 e. The molecular formula is C34H44N4O10. The zero-order valence-corrected chi connectivity index (χ0v) is 27.8. The maximum Gasteiger partial charge on any atom is 0.514 e. The molecule has 1 aliphatic carbocycles. The summed E-state index contributed by atoms with van der Waals surface area (Å²) in [6.07, 6.45) is 1.52. The van der Waals surface area contributed by atoms with E-state index in [1.54, 1.807) is 52.0 Å². The van der Waals surface area contributed by atoms with Gasteiger partial charge in [0.25, 0.3) is 5.69 Å². The van der Waals surface area contributed by atoms with Gasteiger partial charge < -0.3 is 30.2 Å². The number of carbonyl (C=O) groups is 5. The third-order valence-electron chi connectivity index (χ3n) is 7.79. The number of benzene rings is 2. The van der Waals surface area contributed by atoms with Crippen LogP contribution in [-0.4, -0.2) is 53.5 Å². The molecule has 0 spiro atoms. The first-order chi connectivity index (χ1) is 22.7. The minimum absolute atomic E-state index is 0.0882. The first-order valence-electron chi connectivity index (χ1n) is 16.0. The van der Waals surface area contributed by atoms with Gasteiger partial charge in [0, 0.05) is 43.2 Å². The number of anilines is 1. The number of non-ortho nitro benzene ring substituents is 1. The van der Waals surface area contributed by atoms with Crippen LogP contribution in [0.4, 0.5) is 21.0 Å². The molecule has 2 aromatic carbocycles. The number of nitrogens with zero attached hydrogens (tertiary/aromatic N) is 1. The molecule has 3 N–H and O–H groups in total. The zero-order valence-electron chi connectivity index (χ0n) is 27.8. The van der Waals surface area contributed by atoms with Crippen molar-refractivity contribution >= 4 is 41.2 Å². The Balaban J connectivity index is 1.57. The van der Waals surface area contributed by atoms with Crippen LogP contribution in [0, 0.1) is 21.4 Å². The molecule has 14 nitrogen and oxygen atoms in total. The van der Waals surface area contributed by atoms with E-state index in [2.05, 4.69) is 16.0 Å². The highest BCUT2D eigenvalue weighted by atomic mass is 16.7. The fourth-order valence-corrected chi connectivity index (χ4v) is 5.09. The summed E-state index contributed by atoms with van der Waals surface area (Å²) in [5.74, 6) is -1.53. The van der Waals surface area contributed by atoms with E-state index >= 15 is 0 Å². The van der Waals surface area contributed by atoms with Crippen molar-refractivity contribution < 1.29 is 43.1 Å². The number of ether oxygens (including phenoxy) is 3. The molecule has 0 unspecified atom stereocenters. The first kappa shape index (κ1) is 37.4. The van der Waals surface area contributed by atoms with Crippen LogP contribution in [0.3, 0.4) is 0 Å². The minimum atomic E-state index is -1.10. The normalized spacial score (nSPS) is 14.0. The van der Waals surface area contributed by atoms with Crippen molar-refractivity contribution in [3.05, 3.63) is 64.2 Å². The van der Waals surface area contributed by atoms with Crippen molar-refractivity contribution in [1.29, 1.82) is 0 Å². The fourth-order valence-electron chi connectivity index (χ4n) is 5.09. The zero-order chi connectivity index (χ0) is 35.3. The summed E-state index contributed by atoms with van der Waals surface area (Å²) in [5.41, 5.74) is -0.803. The topological polar surface area (TPSA) is 192 Å². The van der Waals surface area contributed by atoms with Crippen LogP contribution < -0.4 is 20.7 Å². The van der Waals surface area contributed by atoms with Gasteiger partial charge in [-0.25, -0.2) is 9.59 Å². The number of alkyl carbamates (subject to hydrolysis) is 1. The average Bonchev–Trinajstić information content (AvgIpc) is 2.99. The number of Topliss-reactive ketones (excluding diaryl/α,β-unsaturated/α-hetero) is 1. The highest BCUT2D eigenvalue weighted by Crippen LogP contribution is 2.44. The highest BCUT2D eigenvalue weighted by molar-refractivity contribution is 6.08. The quantitative estimate of drug-likeness (QED) is 0.0490. The summed E-state index contributed by atoms with van der Waals surface area (Å²) in [6.45, 7) is 7.72. The lowest BCUT2D eigenvalue weighted by Crippen LogP contribution is -2.51. The van der Waals surface area contributed by atoms with Crippen LogP contribution in [0.5, 0.6) is 5.75 Å². The van der Waals surface area contributed by atoms with Gasteiger partial charge >= 0.3 is 12.2 Å². The molecular weight excluding hydrogens is 624 g/mol. The number of carbonyl (C=O) groups excluding carboxylic acids is 5. The molecule has 1 aliphatic rings. The minimum Gasteiger partial charge on any atom is -0.444 e. The predicted molar refractivity (Wildman–Crippen MR) is 175 cm³/mol. The molecule has 0 radical (unpaired) electrons. The number of nitro benzene ring substituents is 1. The maximum absolute atomic E-state index is 13.5. The van der Waals surface area contributed by atoms with E-state index < -0.39 is 34.1 Å². The number of amides is 3. The van der Waals surface area contributed by atoms with E-state index in [0.29, 0.717) is 56.4 Å². The second kappa shape index (κ2) is 17.2. The second-order valence-corrected chi connectivity index (χ2v) is 12.6. The van der Waals surface area contributed by atoms with Gasteiger partial charge in [-0.1, -0.05) is 25.0 Å².